The lowest BCUT2D eigenvalue weighted by atomic mass is 9.98. The molecule has 1 amide bonds. The Hall–Kier alpha value is -4.24. The number of carbonyl (C=O) groups is 1. The van der Waals surface area contributed by atoms with Crippen LogP contribution in [0, 0.1) is 5.82 Å². The van der Waals surface area contributed by atoms with E-state index in [1.54, 1.807) is 24.3 Å². The number of thiazole rings is 1. The van der Waals surface area contributed by atoms with Gasteiger partial charge in [0.1, 0.15) is 22.9 Å². The summed E-state index contributed by atoms with van der Waals surface area (Å²) in [4.78, 5) is 33.3. The number of rotatable bonds is 4. The average Bonchev–Trinajstić information content (AvgIpc) is 3.38. The van der Waals surface area contributed by atoms with Crippen LogP contribution in [0.1, 0.15) is 34.6 Å². The van der Waals surface area contributed by atoms with E-state index in [1.807, 2.05) is 13.0 Å². The second-order valence-corrected chi connectivity index (χ2v) is 9.06. The first-order chi connectivity index (χ1) is 16.9. The van der Waals surface area contributed by atoms with Gasteiger partial charge in [-0.05, 0) is 61.0 Å². The maximum atomic E-state index is 14.0. The molecule has 9 heteroatoms. The number of aromatic hydroxyl groups is 1. The highest BCUT2D eigenvalue weighted by Gasteiger charge is 2.45. The number of fused-ring (bicyclic) bond motifs is 3. The van der Waals surface area contributed by atoms with Gasteiger partial charge in [-0.25, -0.2) is 9.37 Å². The van der Waals surface area contributed by atoms with E-state index < -0.39 is 23.2 Å². The SMILES string of the molecule is CCOc1ccc2nc(N3C(=O)c4oc5ccc(F)cc5c(=O)c4[C@H]3c3cccc(O)c3)sc2c1. The molecular formula is C26H17FN2O5S. The molecule has 0 saturated carbocycles. The highest BCUT2D eigenvalue weighted by Crippen LogP contribution is 2.44. The molecule has 0 radical (unpaired) electrons. The monoisotopic (exact) mass is 488 g/mol. The van der Waals surface area contributed by atoms with Crippen LogP contribution in [0.5, 0.6) is 11.5 Å². The predicted molar refractivity (Wildman–Crippen MR) is 130 cm³/mol. The quantitative estimate of drug-likeness (QED) is 0.364. The first-order valence-electron chi connectivity index (χ1n) is 10.9. The van der Waals surface area contributed by atoms with E-state index in [-0.39, 0.29) is 28.0 Å². The fourth-order valence-electron chi connectivity index (χ4n) is 4.40. The summed E-state index contributed by atoms with van der Waals surface area (Å²) in [6, 6.07) is 14.4. The Morgan fingerprint density at radius 3 is 2.80 bits per heavy atom. The Morgan fingerprint density at radius 2 is 2.00 bits per heavy atom. The first-order valence-corrected chi connectivity index (χ1v) is 11.7. The molecule has 1 aliphatic rings. The lowest BCUT2D eigenvalue weighted by Gasteiger charge is -2.22. The molecule has 7 nitrogen and oxygen atoms in total. The Balaban J connectivity index is 1.60. The van der Waals surface area contributed by atoms with Crippen molar-refractivity contribution < 1.29 is 23.4 Å². The molecule has 0 unspecified atom stereocenters. The number of ether oxygens (including phenoxy) is 1. The van der Waals surface area contributed by atoms with Crippen molar-refractivity contribution in [2.24, 2.45) is 0 Å². The van der Waals surface area contributed by atoms with Gasteiger partial charge in [-0.1, -0.05) is 23.5 Å². The summed E-state index contributed by atoms with van der Waals surface area (Å²) in [5.41, 5.74) is 0.844. The summed E-state index contributed by atoms with van der Waals surface area (Å²) in [5, 5.41) is 10.5. The van der Waals surface area contributed by atoms with Crippen molar-refractivity contribution in [2.45, 2.75) is 13.0 Å². The number of nitrogens with zero attached hydrogens (tertiary/aromatic N) is 2. The van der Waals surface area contributed by atoms with Crippen molar-refractivity contribution in [1.29, 1.82) is 0 Å². The van der Waals surface area contributed by atoms with Crippen LogP contribution in [-0.2, 0) is 0 Å². The molecule has 3 heterocycles. The van der Waals surface area contributed by atoms with Crippen molar-refractivity contribution in [2.75, 3.05) is 11.5 Å². The Morgan fingerprint density at radius 1 is 1.14 bits per heavy atom. The lowest BCUT2D eigenvalue weighted by molar-refractivity contribution is 0.0971. The predicted octanol–water partition coefficient (Wildman–Crippen LogP) is 5.40. The van der Waals surface area contributed by atoms with Crippen molar-refractivity contribution in [3.05, 3.63) is 93.6 Å². The molecule has 6 rings (SSSR count). The van der Waals surface area contributed by atoms with Crippen molar-refractivity contribution in [1.82, 2.24) is 4.98 Å². The average molecular weight is 488 g/mol. The first kappa shape index (κ1) is 21.3. The van der Waals surface area contributed by atoms with Crippen LogP contribution in [0.15, 0.2) is 69.9 Å². The van der Waals surface area contributed by atoms with E-state index in [0.717, 1.165) is 10.8 Å². The summed E-state index contributed by atoms with van der Waals surface area (Å²) in [6.07, 6.45) is 0. The number of hydrogen-bond donors (Lipinski definition) is 1. The lowest BCUT2D eigenvalue weighted by Crippen LogP contribution is -2.29. The molecule has 1 aliphatic heterocycles. The van der Waals surface area contributed by atoms with E-state index in [1.165, 1.54) is 40.5 Å². The minimum absolute atomic E-state index is 0.0229. The third kappa shape index (κ3) is 3.35. The molecule has 1 atom stereocenters. The molecule has 0 fully saturated rings. The van der Waals surface area contributed by atoms with Crippen LogP contribution in [0.2, 0.25) is 0 Å². The maximum Gasteiger partial charge on any atom is 0.297 e. The van der Waals surface area contributed by atoms with Gasteiger partial charge in [0.25, 0.3) is 5.91 Å². The summed E-state index contributed by atoms with van der Waals surface area (Å²) in [5.74, 6) is -0.598. The second-order valence-electron chi connectivity index (χ2n) is 8.05. The fourth-order valence-corrected chi connectivity index (χ4v) is 5.43. The zero-order chi connectivity index (χ0) is 24.3. The zero-order valence-electron chi connectivity index (χ0n) is 18.3. The number of carbonyl (C=O) groups excluding carboxylic acids is 1. The maximum absolute atomic E-state index is 14.0. The molecule has 174 valence electrons. The Labute approximate surface area is 201 Å². The van der Waals surface area contributed by atoms with Crippen LogP contribution in [-0.4, -0.2) is 22.6 Å². The van der Waals surface area contributed by atoms with Crippen LogP contribution in [0.4, 0.5) is 9.52 Å². The van der Waals surface area contributed by atoms with Gasteiger partial charge < -0.3 is 14.3 Å². The highest BCUT2D eigenvalue weighted by atomic mass is 32.1. The molecule has 1 N–H and O–H groups in total. The molecular weight excluding hydrogens is 471 g/mol. The zero-order valence-corrected chi connectivity index (χ0v) is 19.1. The minimum Gasteiger partial charge on any atom is -0.508 e. The smallest absolute Gasteiger partial charge is 0.297 e. The van der Waals surface area contributed by atoms with Gasteiger partial charge in [-0.2, -0.15) is 0 Å². The molecule has 2 aromatic heterocycles. The highest BCUT2D eigenvalue weighted by molar-refractivity contribution is 7.22. The number of hydrogen-bond acceptors (Lipinski definition) is 7. The van der Waals surface area contributed by atoms with Gasteiger partial charge in [-0.15, -0.1) is 0 Å². The molecule has 5 aromatic rings. The van der Waals surface area contributed by atoms with E-state index >= 15 is 0 Å². The number of benzene rings is 3. The molecule has 35 heavy (non-hydrogen) atoms. The van der Waals surface area contributed by atoms with E-state index in [9.17, 15) is 19.1 Å². The van der Waals surface area contributed by atoms with Gasteiger partial charge in [0.15, 0.2) is 10.6 Å². The van der Waals surface area contributed by atoms with Gasteiger partial charge in [0, 0.05) is 0 Å². The second kappa shape index (κ2) is 7.92. The van der Waals surface area contributed by atoms with Crippen LogP contribution < -0.4 is 15.1 Å². The van der Waals surface area contributed by atoms with E-state index in [4.69, 9.17) is 9.15 Å². The van der Waals surface area contributed by atoms with Crippen LogP contribution >= 0.6 is 11.3 Å². The third-order valence-electron chi connectivity index (χ3n) is 5.88. The minimum atomic E-state index is -0.916. The normalized spacial score (nSPS) is 15.2. The molecule has 0 bridgehead atoms. The number of phenols is 1. The molecule has 0 saturated heterocycles. The van der Waals surface area contributed by atoms with Crippen molar-refractivity contribution in [3.8, 4) is 11.5 Å². The number of anilines is 1. The van der Waals surface area contributed by atoms with Gasteiger partial charge in [0.05, 0.1) is 33.8 Å². The molecule has 3 aromatic carbocycles. The number of aromatic nitrogens is 1. The number of halogens is 1. The van der Waals surface area contributed by atoms with Gasteiger partial charge >= 0.3 is 0 Å². The summed E-state index contributed by atoms with van der Waals surface area (Å²) in [7, 11) is 0. The Kier molecular flexibility index (Phi) is 4.82. The molecule has 0 spiro atoms. The molecule has 0 aliphatic carbocycles. The largest absolute Gasteiger partial charge is 0.508 e. The number of amides is 1. The number of phenolic OH excluding ortho intramolecular Hbond substituents is 1. The fraction of sp³-hybridized carbons (Fsp3) is 0.115. The van der Waals surface area contributed by atoms with E-state index in [0.29, 0.717) is 28.6 Å². The topological polar surface area (TPSA) is 92.9 Å². The standard InChI is InChI=1S/C26H17FN2O5S/c1-2-33-16-7-8-18-20(12-16)35-26(28-18)29-22(13-4-3-5-15(30)10-13)21-23(31)17-11-14(27)6-9-19(17)34-24(21)25(29)32/h3-12,22,30H,2H2,1H3/t22-/m1/s1. The van der Waals surface area contributed by atoms with Crippen LogP contribution in [0.3, 0.4) is 0 Å². The van der Waals surface area contributed by atoms with Gasteiger partial charge in [0.2, 0.25) is 5.76 Å². The summed E-state index contributed by atoms with van der Waals surface area (Å²) in [6.45, 7) is 2.40. The Bertz CT molecular complexity index is 1710. The van der Waals surface area contributed by atoms with Gasteiger partial charge in [-0.3, -0.25) is 14.5 Å². The summed E-state index contributed by atoms with van der Waals surface area (Å²) < 4.78 is 26.2. The van der Waals surface area contributed by atoms with E-state index in [2.05, 4.69) is 4.98 Å². The van der Waals surface area contributed by atoms with Crippen LogP contribution in [0.25, 0.3) is 21.2 Å². The summed E-state index contributed by atoms with van der Waals surface area (Å²) >= 11 is 1.27. The van der Waals surface area contributed by atoms with Crippen molar-refractivity contribution in [3.63, 3.8) is 0 Å². The third-order valence-corrected chi connectivity index (χ3v) is 6.90. The van der Waals surface area contributed by atoms with Crippen molar-refractivity contribution >= 4 is 43.6 Å².